The normalized spacial score (nSPS) is 19.0. The predicted octanol–water partition coefficient (Wildman–Crippen LogP) is 9.26. The lowest BCUT2D eigenvalue weighted by Gasteiger charge is -2.31. The van der Waals surface area contributed by atoms with Crippen molar-refractivity contribution >= 4 is 95.1 Å². The maximum Gasteiger partial charge on any atom is 0.418 e. The van der Waals surface area contributed by atoms with Crippen LogP contribution in [0.3, 0.4) is 0 Å². The first kappa shape index (κ1) is 106. The second-order valence-electron chi connectivity index (χ2n) is 39.1. The molecule has 6 saturated heterocycles. The van der Waals surface area contributed by atoms with Gasteiger partial charge in [-0.25, -0.2) is 8.91 Å². The van der Waals surface area contributed by atoms with Gasteiger partial charge in [0.25, 0.3) is 29.5 Å². The van der Waals surface area contributed by atoms with Crippen LogP contribution in [0.15, 0.2) is 146 Å². The Kier molecular flexibility index (Phi) is 34.6. The van der Waals surface area contributed by atoms with Crippen LogP contribution in [-0.2, 0) is 111 Å². The number of hydrogen-bond donors (Lipinski definition) is 12. The Hall–Kier alpha value is -12.1. The number of aryl methyl sites for hydroxylation is 6. The van der Waals surface area contributed by atoms with Crippen molar-refractivity contribution in [3.8, 4) is 0 Å². The number of morpholine rings is 5. The van der Waals surface area contributed by atoms with E-state index < -0.39 is 75.5 Å². The number of alkyl halides is 3. The number of rotatable bonds is 18. The Balaban J connectivity index is 0.000000142. The van der Waals surface area contributed by atoms with E-state index in [2.05, 4.69) is 124 Å². The number of para-hydroxylation sites is 1. The maximum atomic E-state index is 13.4. The van der Waals surface area contributed by atoms with Gasteiger partial charge in [-0.05, 0) is 158 Å². The molecule has 38 heteroatoms. The van der Waals surface area contributed by atoms with Gasteiger partial charge in [0.1, 0.15) is 36.3 Å². The van der Waals surface area contributed by atoms with Crippen molar-refractivity contribution in [1.29, 1.82) is 0 Å². The number of halogens is 4. The number of carbonyl (C=O) groups is 6. The fourth-order valence-corrected chi connectivity index (χ4v) is 18.0. The summed E-state index contributed by atoms with van der Waals surface area (Å²) < 4.78 is 91.1. The van der Waals surface area contributed by atoms with Crippen molar-refractivity contribution in [2.24, 2.45) is 20.0 Å². The van der Waals surface area contributed by atoms with E-state index in [1.807, 2.05) is 187 Å². The molecule has 6 amide bonds. The Bertz CT molecular complexity index is 6270. The van der Waals surface area contributed by atoms with Crippen LogP contribution in [0.4, 0.5) is 17.6 Å². The van der Waals surface area contributed by atoms with Gasteiger partial charge in [-0.1, -0.05) is 91.0 Å². The monoisotopic (exact) mass is 1950 g/mol. The number of fused-ring (bicyclic) bond motifs is 6. The molecule has 7 aromatic heterocycles. The standard InChI is InChI=1S/C18H24N4O2.2C18H23N3O2.C17H21F3N4O2.C16H21FN4O2.C16H22N4O2/c1-12-14-6-4-5-7-15(14)16(22-21-12)18(2,3)20-17(23)13-10-19-8-9-24-11-13;2*1-12-13-6-4-5-7-14(13)15(10-20-12)18(2,3)21-17(22)16-11-19-8-9-23-16;1-16(2,22-15(25)12-9-21-7-8-26-12)14-10-5-4-6-11(17(18,19)20)13(10)24(3)23-14;1-16(2,19-15(22)13-9-18-6-7-23-13)14-11-5-4-10(17)8-12(11)21(3)20-14;1-11-5-4-6-13-12(9-18-20(11)13)16(2,3)19-15(21)14-10-17-7-8-22-14/h4-7,13,19H,8-11H2,1-3H3,(H,20,23);2*4-7,10,16,19H,8-9,11H2,1-3H3,(H,21,22);4-6,12,21H,7-9H2,1-3H3,(H,22,25);4-5,8,13,18H,6-7,9H2,1-3H3,(H,19,22);4-6,9,14,17H,7-8,10H2,1-3H3,(H,19,21)/t;2*16-;12-;13-;14-/m.10000/s1. The molecule has 0 saturated carbocycles. The summed E-state index contributed by atoms with van der Waals surface area (Å²) in [5.41, 5.74) is 5.87. The lowest BCUT2D eigenvalue weighted by Crippen LogP contribution is -2.52. The van der Waals surface area contributed by atoms with Crippen LogP contribution < -0.4 is 63.8 Å². The van der Waals surface area contributed by atoms with Crippen LogP contribution in [0.5, 0.6) is 0 Å². The Morgan fingerprint density at radius 1 is 0.362 bits per heavy atom. The van der Waals surface area contributed by atoms with Crippen molar-refractivity contribution in [2.45, 2.75) is 181 Å². The molecule has 0 spiro atoms. The van der Waals surface area contributed by atoms with Gasteiger partial charge in [0.15, 0.2) is 0 Å². The van der Waals surface area contributed by atoms with E-state index in [0.29, 0.717) is 114 Å². The number of hydrogen-bond acceptors (Lipinski definition) is 25. The van der Waals surface area contributed by atoms with Gasteiger partial charge in [0.2, 0.25) is 5.91 Å². The van der Waals surface area contributed by atoms with Crippen LogP contribution in [-0.4, -0.2) is 240 Å². The molecule has 18 rings (SSSR count). The van der Waals surface area contributed by atoms with Crippen LogP contribution in [0.2, 0.25) is 0 Å². The van der Waals surface area contributed by atoms with E-state index in [0.717, 1.165) is 127 Å². The number of aromatic nitrogens is 10. The topological polar surface area (TPSA) is 407 Å². The fraction of sp³-hybridized carbons (Fsp3) is 0.485. The maximum absolute atomic E-state index is 13.4. The van der Waals surface area contributed by atoms with Gasteiger partial charge < -0.3 is 92.2 Å². The van der Waals surface area contributed by atoms with Gasteiger partial charge >= 0.3 is 6.18 Å². The minimum atomic E-state index is -4.49. The molecule has 34 nitrogen and oxygen atoms in total. The molecule has 6 fully saturated rings. The molecule has 13 heterocycles. The highest BCUT2D eigenvalue weighted by Crippen LogP contribution is 2.40. The molecule has 6 aliphatic rings. The van der Waals surface area contributed by atoms with Gasteiger partial charge in [0, 0.05) is 171 Å². The molecule has 1 unspecified atom stereocenters. The summed E-state index contributed by atoms with van der Waals surface area (Å²) in [5, 5.41) is 66.8. The zero-order valence-corrected chi connectivity index (χ0v) is 83.6. The summed E-state index contributed by atoms with van der Waals surface area (Å²) in [6.45, 7) is 42.5. The molecule has 0 radical (unpaired) electrons. The SMILES string of the molecule is Cc1cccc2c(C(C)(C)NC(=O)[C@@H]3CNCCO3)cnn12.Cc1ncc(C(C)(C)NC(=O)[C@@H]2CNCCO2)c2ccccc12.Cc1ncc(C(C)(C)NC(=O)[C@H]2CNCCO2)c2ccccc12.Cc1nnc(C(C)(C)NC(=O)C2CNCCOC2)c2ccccc12.Cn1nc(C(C)(C)NC(=O)[C@@H]2CNCCO2)c2ccc(F)cc21.Cn1nc(C(C)(C)NC(=O)[C@@H]2CNCCO2)c2cccc(C(F)(F)F)c21. The molecule has 756 valence electrons. The van der Waals surface area contributed by atoms with E-state index in [-0.39, 0.29) is 52.7 Å². The van der Waals surface area contributed by atoms with Gasteiger partial charge in [-0.3, -0.25) is 48.1 Å². The molecule has 141 heavy (non-hydrogen) atoms. The van der Waals surface area contributed by atoms with Crippen LogP contribution in [0.25, 0.3) is 59.6 Å². The number of carbonyl (C=O) groups excluding carboxylic acids is 6. The third kappa shape index (κ3) is 26.1. The van der Waals surface area contributed by atoms with E-state index in [4.69, 9.17) is 28.4 Å². The zero-order chi connectivity index (χ0) is 102. The summed E-state index contributed by atoms with van der Waals surface area (Å²) in [4.78, 5) is 83.9. The number of nitrogens with zero attached hydrogens (tertiary/aromatic N) is 10. The molecule has 0 aliphatic carbocycles. The van der Waals surface area contributed by atoms with Crippen LogP contribution in [0.1, 0.15) is 145 Å². The van der Waals surface area contributed by atoms with Gasteiger partial charge in [-0.2, -0.15) is 38.7 Å². The first-order chi connectivity index (χ1) is 66.9. The molecular formula is C103H134F4N22O12. The number of benzene rings is 5. The molecule has 12 aromatic rings. The van der Waals surface area contributed by atoms with E-state index in [1.165, 1.54) is 29.9 Å². The minimum Gasteiger partial charge on any atom is -0.379 e. The van der Waals surface area contributed by atoms with Gasteiger partial charge in [0.05, 0.1) is 136 Å². The summed E-state index contributed by atoms with van der Waals surface area (Å²) in [7, 11) is 3.23. The Morgan fingerprint density at radius 3 is 1.18 bits per heavy atom. The van der Waals surface area contributed by atoms with Crippen molar-refractivity contribution < 1.29 is 74.8 Å². The summed E-state index contributed by atoms with van der Waals surface area (Å²) >= 11 is 0. The summed E-state index contributed by atoms with van der Waals surface area (Å²) in [5.74, 6) is -1.31. The van der Waals surface area contributed by atoms with Crippen molar-refractivity contribution in [3.63, 3.8) is 0 Å². The van der Waals surface area contributed by atoms with E-state index in [9.17, 15) is 46.3 Å². The third-order valence-electron chi connectivity index (χ3n) is 25.6. The minimum absolute atomic E-state index is 0.00657. The average Bonchev–Trinajstić information content (AvgIpc) is 1.61. The van der Waals surface area contributed by atoms with Crippen molar-refractivity contribution in [1.82, 2.24) is 113 Å². The highest BCUT2D eigenvalue weighted by atomic mass is 19.4. The second kappa shape index (κ2) is 45.9. The summed E-state index contributed by atoms with van der Waals surface area (Å²) in [6, 6.07) is 38.9. The molecular weight excluding hydrogens is 1810 g/mol. The van der Waals surface area contributed by atoms with Crippen LogP contribution >= 0.6 is 0 Å². The molecule has 12 N–H and O–H groups in total. The summed E-state index contributed by atoms with van der Waals surface area (Å²) in [6.07, 6.45) is -1.39. The quantitative estimate of drug-likeness (QED) is 0.0356. The van der Waals surface area contributed by atoms with Crippen molar-refractivity contribution in [2.75, 3.05) is 125 Å². The number of nitrogens with one attached hydrogen (secondary N) is 12. The highest BCUT2D eigenvalue weighted by molar-refractivity contribution is 5.93. The molecule has 5 aromatic carbocycles. The second-order valence-corrected chi connectivity index (χ2v) is 39.1. The lowest BCUT2D eigenvalue weighted by molar-refractivity contribution is -0.137. The number of ether oxygens (including phenoxy) is 6. The molecule has 6 atom stereocenters. The Labute approximate surface area is 818 Å². The number of amides is 6. The van der Waals surface area contributed by atoms with E-state index in [1.54, 1.807) is 37.7 Å². The van der Waals surface area contributed by atoms with Crippen LogP contribution in [0, 0.1) is 39.4 Å². The predicted molar refractivity (Wildman–Crippen MR) is 531 cm³/mol. The molecule has 0 bridgehead atoms. The first-order valence-corrected chi connectivity index (χ1v) is 47.8. The zero-order valence-electron chi connectivity index (χ0n) is 83.6. The van der Waals surface area contributed by atoms with Gasteiger partial charge in [-0.15, -0.1) is 0 Å². The van der Waals surface area contributed by atoms with Crippen molar-refractivity contribution in [3.05, 3.63) is 214 Å². The largest absolute Gasteiger partial charge is 0.418 e. The smallest absolute Gasteiger partial charge is 0.379 e. The average molecular weight is 1950 g/mol. The fourth-order valence-electron chi connectivity index (χ4n) is 18.0. The van der Waals surface area contributed by atoms with E-state index >= 15 is 0 Å². The lowest BCUT2D eigenvalue weighted by atomic mass is 9.90. The third-order valence-corrected chi connectivity index (χ3v) is 25.6. The Morgan fingerprint density at radius 2 is 0.738 bits per heavy atom. The first-order valence-electron chi connectivity index (χ1n) is 47.8. The number of pyridine rings is 3. The highest BCUT2D eigenvalue weighted by Gasteiger charge is 2.41. The molecule has 6 aliphatic heterocycles.